The van der Waals surface area contributed by atoms with Gasteiger partial charge in [0.1, 0.15) is 0 Å². The largest absolute Gasteiger partial charge is 0.454 e. The van der Waals surface area contributed by atoms with Crippen molar-refractivity contribution in [3.8, 4) is 5.69 Å². The van der Waals surface area contributed by atoms with E-state index in [1.165, 1.54) is 0 Å². The average molecular weight is 421 g/mol. The zero-order valence-corrected chi connectivity index (χ0v) is 18.1. The molecule has 0 unspecified atom stereocenters. The number of ketones is 1. The van der Waals surface area contributed by atoms with E-state index in [0.717, 1.165) is 48.8 Å². The number of hydrogen-bond acceptors (Lipinski definition) is 5. The zero-order valence-electron chi connectivity index (χ0n) is 18.1. The summed E-state index contributed by atoms with van der Waals surface area (Å²) in [6.07, 6.45) is 4.03. The van der Waals surface area contributed by atoms with Gasteiger partial charge in [0.05, 0.1) is 17.4 Å². The molecule has 1 atom stereocenters. The first-order valence-corrected chi connectivity index (χ1v) is 10.5. The van der Waals surface area contributed by atoms with Gasteiger partial charge in [-0.05, 0) is 70.0 Å². The SMILES string of the molecule is Cc1ccnn1-c1ccc(C(=O)OCC(=O)c2cc(C)n(C[C@H]3CCCO3)c2C)cc1. The normalized spacial score (nSPS) is 15.9. The molecule has 0 amide bonds. The van der Waals surface area contributed by atoms with Crippen molar-refractivity contribution >= 4 is 11.8 Å². The van der Waals surface area contributed by atoms with Crippen LogP contribution in [0, 0.1) is 20.8 Å². The fraction of sp³-hybridized carbons (Fsp3) is 0.375. The number of rotatable bonds is 7. The summed E-state index contributed by atoms with van der Waals surface area (Å²) in [7, 11) is 0. The molecule has 1 aromatic carbocycles. The smallest absolute Gasteiger partial charge is 0.338 e. The third-order valence-electron chi connectivity index (χ3n) is 5.80. The molecule has 1 aliphatic heterocycles. The van der Waals surface area contributed by atoms with Gasteiger partial charge in [-0.1, -0.05) is 0 Å². The van der Waals surface area contributed by atoms with Gasteiger partial charge in [-0.3, -0.25) is 4.79 Å². The van der Waals surface area contributed by atoms with Crippen LogP contribution in [-0.4, -0.2) is 45.4 Å². The van der Waals surface area contributed by atoms with Crippen molar-refractivity contribution in [2.24, 2.45) is 0 Å². The third kappa shape index (κ3) is 4.46. The molecule has 1 fully saturated rings. The van der Waals surface area contributed by atoms with Crippen molar-refractivity contribution in [2.45, 2.75) is 46.3 Å². The van der Waals surface area contributed by atoms with Crippen LogP contribution in [0.5, 0.6) is 0 Å². The number of Topliss-reactive ketones (excluding diaryl/α,β-unsaturated/α-hetero) is 1. The van der Waals surface area contributed by atoms with Crippen LogP contribution in [0.25, 0.3) is 5.69 Å². The summed E-state index contributed by atoms with van der Waals surface area (Å²) >= 11 is 0. The maximum atomic E-state index is 12.7. The van der Waals surface area contributed by atoms with E-state index in [9.17, 15) is 9.59 Å². The van der Waals surface area contributed by atoms with Gasteiger partial charge < -0.3 is 14.0 Å². The number of aromatic nitrogens is 3. The molecule has 0 N–H and O–H groups in total. The lowest BCUT2D eigenvalue weighted by molar-refractivity contribution is 0.0474. The Bertz CT molecular complexity index is 1090. The molecule has 4 rings (SSSR count). The Hall–Kier alpha value is -3.19. The summed E-state index contributed by atoms with van der Waals surface area (Å²) in [6.45, 7) is 7.11. The molecule has 0 aliphatic carbocycles. The third-order valence-corrected chi connectivity index (χ3v) is 5.80. The summed E-state index contributed by atoms with van der Waals surface area (Å²) in [5.74, 6) is -0.728. The standard InChI is InChI=1S/C24H27N3O4/c1-16-10-11-25-27(16)20-8-6-19(7-9-20)24(29)31-15-23(28)22-13-17(2)26(18(22)3)14-21-5-4-12-30-21/h6-11,13,21H,4-5,12,14-15H2,1-3H3/t21-/m1/s1. The fourth-order valence-electron chi connectivity index (χ4n) is 4.03. The van der Waals surface area contributed by atoms with E-state index in [-0.39, 0.29) is 18.5 Å². The van der Waals surface area contributed by atoms with Crippen molar-refractivity contribution in [1.82, 2.24) is 14.3 Å². The highest BCUT2D eigenvalue weighted by Gasteiger charge is 2.22. The van der Waals surface area contributed by atoms with Gasteiger partial charge in [-0.25, -0.2) is 9.48 Å². The molecule has 1 saturated heterocycles. The lowest BCUT2D eigenvalue weighted by atomic mass is 10.1. The second kappa shape index (κ2) is 8.89. The number of carbonyl (C=O) groups excluding carboxylic acids is 2. The number of benzene rings is 1. The molecule has 7 heteroatoms. The first-order chi connectivity index (χ1) is 14.9. The van der Waals surface area contributed by atoms with E-state index in [0.29, 0.717) is 11.1 Å². The van der Waals surface area contributed by atoms with Crippen molar-refractivity contribution in [3.05, 3.63) is 70.8 Å². The quantitative estimate of drug-likeness (QED) is 0.428. The lowest BCUT2D eigenvalue weighted by Crippen LogP contribution is -2.18. The van der Waals surface area contributed by atoms with Crippen LogP contribution in [0.2, 0.25) is 0 Å². The van der Waals surface area contributed by atoms with Gasteiger partial charge in [0.15, 0.2) is 6.61 Å². The van der Waals surface area contributed by atoms with Crippen molar-refractivity contribution in [1.29, 1.82) is 0 Å². The first kappa shape index (κ1) is 21.1. The lowest BCUT2D eigenvalue weighted by Gasteiger charge is -2.14. The summed E-state index contributed by atoms with van der Waals surface area (Å²) in [5, 5.41) is 4.25. The van der Waals surface area contributed by atoms with Crippen molar-refractivity contribution in [2.75, 3.05) is 13.2 Å². The predicted octanol–water partition coefficient (Wildman–Crippen LogP) is 3.82. The average Bonchev–Trinajstić information content (AvgIpc) is 3.50. The molecule has 0 spiro atoms. The van der Waals surface area contributed by atoms with E-state index in [1.807, 2.05) is 32.9 Å². The molecule has 0 radical (unpaired) electrons. The number of aryl methyl sites for hydroxylation is 2. The van der Waals surface area contributed by atoms with E-state index in [1.54, 1.807) is 35.1 Å². The molecule has 2 aromatic heterocycles. The summed E-state index contributed by atoms with van der Waals surface area (Å²) < 4.78 is 14.9. The van der Waals surface area contributed by atoms with Gasteiger partial charge in [0.2, 0.25) is 5.78 Å². The Labute approximate surface area is 181 Å². The molecular formula is C24H27N3O4. The van der Waals surface area contributed by atoms with E-state index in [2.05, 4.69) is 9.67 Å². The highest BCUT2D eigenvalue weighted by atomic mass is 16.5. The predicted molar refractivity (Wildman–Crippen MR) is 116 cm³/mol. The van der Waals surface area contributed by atoms with E-state index in [4.69, 9.17) is 9.47 Å². The topological polar surface area (TPSA) is 75.4 Å². The van der Waals surface area contributed by atoms with Crippen LogP contribution in [0.4, 0.5) is 0 Å². The highest BCUT2D eigenvalue weighted by Crippen LogP contribution is 2.21. The summed E-state index contributed by atoms with van der Waals surface area (Å²) in [6, 6.07) is 10.7. The Morgan fingerprint density at radius 1 is 1.13 bits per heavy atom. The Morgan fingerprint density at radius 2 is 1.90 bits per heavy atom. The molecular weight excluding hydrogens is 394 g/mol. The number of nitrogens with zero attached hydrogens (tertiary/aromatic N) is 3. The highest BCUT2D eigenvalue weighted by molar-refractivity contribution is 6.00. The minimum Gasteiger partial charge on any atom is -0.454 e. The van der Waals surface area contributed by atoms with Gasteiger partial charge in [0.25, 0.3) is 0 Å². The second-order valence-electron chi connectivity index (χ2n) is 7.96. The number of hydrogen-bond donors (Lipinski definition) is 0. The minimum absolute atomic E-state index is 0.194. The summed E-state index contributed by atoms with van der Waals surface area (Å²) in [4.78, 5) is 25.1. The molecule has 31 heavy (non-hydrogen) atoms. The fourth-order valence-corrected chi connectivity index (χ4v) is 4.03. The Balaban J connectivity index is 1.38. The van der Waals surface area contributed by atoms with Crippen molar-refractivity contribution in [3.63, 3.8) is 0 Å². The number of carbonyl (C=O) groups is 2. The van der Waals surface area contributed by atoms with Crippen LogP contribution in [0.1, 0.15) is 50.6 Å². The first-order valence-electron chi connectivity index (χ1n) is 10.5. The van der Waals surface area contributed by atoms with Gasteiger partial charge >= 0.3 is 5.97 Å². The van der Waals surface area contributed by atoms with Crippen LogP contribution in [0.15, 0.2) is 42.6 Å². The van der Waals surface area contributed by atoms with Crippen LogP contribution >= 0.6 is 0 Å². The van der Waals surface area contributed by atoms with Crippen molar-refractivity contribution < 1.29 is 19.1 Å². The molecule has 0 saturated carbocycles. The Kier molecular flexibility index (Phi) is 6.04. The van der Waals surface area contributed by atoms with Gasteiger partial charge in [-0.15, -0.1) is 0 Å². The molecule has 3 aromatic rings. The van der Waals surface area contributed by atoms with Crippen LogP contribution < -0.4 is 0 Å². The van der Waals surface area contributed by atoms with E-state index < -0.39 is 5.97 Å². The molecule has 0 bridgehead atoms. The van der Waals surface area contributed by atoms with Gasteiger partial charge in [0, 0.05) is 42.0 Å². The number of ether oxygens (including phenoxy) is 2. The molecule has 1 aliphatic rings. The van der Waals surface area contributed by atoms with Crippen LogP contribution in [-0.2, 0) is 16.0 Å². The van der Waals surface area contributed by atoms with Crippen LogP contribution in [0.3, 0.4) is 0 Å². The second-order valence-corrected chi connectivity index (χ2v) is 7.96. The molecule has 7 nitrogen and oxygen atoms in total. The Morgan fingerprint density at radius 3 is 2.55 bits per heavy atom. The molecule has 162 valence electrons. The summed E-state index contributed by atoms with van der Waals surface area (Å²) in [5.41, 5.74) is 4.73. The maximum absolute atomic E-state index is 12.7. The monoisotopic (exact) mass is 421 g/mol. The van der Waals surface area contributed by atoms with Gasteiger partial charge in [-0.2, -0.15) is 5.10 Å². The number of esters is 1. The minimum atomic E-state index is -0.523. The zero-order chi connectivity index (χ0) is 22.0. The van der Waals surface area contributed by atoms with E-state index >= 15 is 0 Å². The maximum Gasteiger partial charge on any atom is 0.338 e. The molecule has 3 heterocycles.